The van der Waals surface area contributed by atoms with E-state index in [0.717, 1.165) is 41.0 Å². The molecule has 0 fully saturated rings. The normalized spacial score (nSPS) is 12.7. The van der Waals surface area contributed by atoms with Crippen LogP contribution in [-0.2, 0) is 19.4 Å². The summed E-state index contributed by atoms with van der Waals surface area (Å²) in [7, 11) is 0. The number of aliphatic imine (C=N–C) groups is 3. The first kappa shape index (κ1) is 35.0. The van der Waals surface area contributed by atoms with Crippen molar-refractivity contribution in [3.8, 4) is 33.4 Å². The molecule has 0 unspecified atom stereocenters. The Morgan fingerprint density at radius 2 is 1.02 bits per heavy atom. The van der Waals surface area contributed by atoms with E-state index in [1.54, 1.807) is 0 Å². The van der Waals surface area contributed by atoms with E-state index in [2.05, 4.69) is 150 Å². The lowest BCUT2D eigenvalue weighted by Crippen LogP contribution is -2.10. The number of rotatable bonds is 8. The fraction of sp³-hybridized carbons (Fsp3) is 0.0556. The van der Waals surface area contributed by atoms with Gasteiger partial charge in [-0.1, -0.05) is 158 Å². The van der Waals surface area contributed by atoms with E-state index in [4.69, 9.17) is 9.98 Å². The zero-order chi connectivity index (χ0) is 38.8. The van der Waals surface area contributed by atoms with Crippen LogP contribution in [0, 0.1) is 0 Å². The van der Waals surface area contributed by atoms with Crippen LogP contribution in [0.2, 0.25) is 0 Å². The summed E-state index contributed by atoms with van der Waals surface area (Å²) in [5.41, 5.74) is 19.5. The van der Waals surface area contributed by atoms with Crippen molar-refractivity contribution in [3.63, 3.8) is 0 Å². The Morgan fingerprint density at radius 3 is 1.72 bits per heavy atom. The summed E-state index contributed by atoms with van der Waals surface area (Å²) in [5.74, 6) is 1.18. The first-order valence-corrected chi connectivity index (χ1v) is 19.8. The predicted octanol–water partition coefficient (Wildman–Crippen LogP) is 13.1. The smallest absolute Gasteiger partial charge is 0.161 e. The molecule has 0 saturated heterocycles. The minimum Gasteiger partial charge on any atom is -0.310 e. The van der Waals surface area contributed by atoms with Crippen LogP contribution < -0.4 is 4.90 Å². The van der Waals surface area contributed by atoms with Crippen LogP contribution in [0.4, 0.5) is 17.1 Å². The van der Waals surface area contributed by atoms with Crippen LogP contribution in [0.15, 0.2) is 209 Å². The maximum atomic E-state index is 5.18. The molecule has 2 aliphatic carbocycles. The van der Waals surface area contributed by atoms with Crippen LogP contribution in [0.25, 0.3) is 33.4 Å². The van der Waals surface area contributed by atoms with Crippen LogP contribution in [0.1, 0.15) is 38.9 Å². The second-order valence-electron chi connectivity index (χ2n) is 14.8. The Kier molecular flexibility index (Phi) is 9.21. The van der Waals surface area contributed by atoms with Crippen molar-refractivity contribution in [2.24, 2.45) is 15.0 Å². The number of nitrogens with zero attached hydrogens (tertiary/aromatic N) is 4. The summed E-state index contributed by atoms with van der Waals surface area (Å²) in [6.45, 7) is 4.32. The first-order chi connectivity index (χ1) is 28.7. The van der Waals surface area contributed by atoms with Gasteiger partial charge in [-0.05, 0) is 117 Å². The molecular formula is C54H40N4. The molecule has 58 heavy (non-hydrogen) atoms. The van der Waals surface area contributed by atoms with Gasteiger partial charge in [0.15, 0.2) is 11.7 Å². The number of fused-ring (bicyclic) bond motifs is 6. The third-order valence-corrected chi connectivity index (χ3v) is 11.4. The van der Waals surface area contributed by atoms with Crippen molar-refractivity contribution in [1.82, 2.24) is 0 Å². The number of hydrogen-bond donors (Lipinski definition) is 0. The highest BCUT2D eigenvalue weighted by atomic mass is 15.1. The Bertz CT molecular complexity index is 2860. The minimum absolute atomic E-state index is 0.486. The lowest BCUT2D eigenvalue weighted by atomic mass is 9.91. The van der Waals surface area contributed by atoms with Crippen LogP contribution in [-0.4, -0.2) is 18.4 Å². The average Bonchev–Trinajstić information content (AvgIpc) is 3.87. The minimum atomic E-state index is 0.486. The molecule has 0 bridgehead atoms. The van der Waals surface area contributed by atoms with Gasteiger partial charge in [0.05, 0.1) is 6.54 Å². The molecule has 0 heterocycles. The zero-order valence-corrected chi connectivity index (χ0v) is 32.1. The van der Waals surface area contributed by atoms with E-state index in [1.165, 1.54) is 61.2 Å². The first-order valence-electron chi connectivity index (χ1n) is 19.8. The van der Waals surface area contributed by atoms with Gasteiger partial charge in [0.2, 0.25) is 0 Å². The van der Waals surface area contributed by atoms with E-state index in [9.17, 15) is 0 Å². The standard InChI is InChI=1S/C54H40N4/c1-55-53(38-15-5-2-6-16-38)57-54(39-17-7-3-8-18-39)56-36-42-27-31-50(52-49-24-14-12-20-41(49)35-51(42)52)37-25-28-45(29-26-37)58(44-21-9-4-10-22-44)46-30-32-48-43(34-46)33-40-19-11-13-23-47(40)48/h2-32,34H,1,33,35-36H2/b56-54-,57-53-. The number of hydrogen-bond acceptors (Lipinski definition) is 2. The summed E-state index contributed by atoms with van der Waals surface area (Å²) in [4.78, 5) is 16.8. The van der Waals surface area contributed by atoms with Gasteiger partial charge in [0.25, 0.3) is 0 Å². The van der Waals surface area contributed by atoms with Crippen molar-refractivity contribution in [2.75, 3.05) is 4.90 Å². The predicted molar refractivity (Wildman–Crippen MR) is 242 cm³/mol. The largest absolute Gasteiger partial charge is 0.310 e. The maximum absolute atomic E-state index is 5.18. The number of anilines is 3. The molecule has 0 atom stereocenters. The molecule has 10 rings (SSSR count). The van der Waals surface area contributed by atoms with Crippen LogP contribution in [0.3, 0.4) is 0 Å². The quantitative estimate of drug-likeness (QED) is 0.113. The molecule has 0 aromatic heterocycles. The summed E-state index contributed by atoms with van der Waals surface area (Å²) < 4.78 is 0. The second-order valence-corrected chi connectivity index (χ2v) is 14.8. The van der Waals surface area contributed by atoms with Gasteiger partial charge in [-0.25, -0.2) is 9.98 Å². The third kappa shape index (κ3) is 6.55. The molecule has 0 aliphatic heterocycles. The van der Waals surface area contributed by atoms with E-state index in [0.29, 0.717) is 18.2 Å². The molecule has 2 aliphatic rings. The van der Waals surface area contributed by atoms with Gasteiger partial charge < -0.3 is 4.90 Å². The molecule has 8 aromatic carbocycles. The average molecular weight is 745 g/mol. The van der Waals surface area contributed by atoms with E-state index in [1.807, 2.05) is 60.7 Å². The molecular weight excluding hydrogens is 705 g/mol. The molecule has 276 valence electrons. The van der Waals surface area contributed by atoms with Gasteiger partial charge in [-0.3, -0.25) is 4.99 Å². The maximum Gasteiger partial charge on any atom is 0.161 e. The van der Waals surface area contributed by atoms with Gasteiger partial charge in [-0.15, -0.1) is 0 Å². The van der Waals surface area contributed by atoms with Crippen molar-refractivity contribution >= 4 is 35.5 Å². The molecule has 0 radical (unpaired) electrons. The van der Waals surface area contributed by atoms with Gasteiger partial charge in [0.1, 0.15) is 0 Å². The number of amidine groups is 2. The summed E-state index contributed by atoms with van der Waals surface area (Å²) in [6, 6.07) is 68.9. The van der Waals surface area contributed by atoms with Crippen molar-refractivity contribution in [3.05, 3.63) is 233 Å². The lowest BCUT2D eigenvalue weighted by molar-refractivity contribution is 1.03. The van der Waals surface area contributed by atoms with E-state index in [-0.39, 0.29) is 0 Å². The Hall–Kier alpha value is -7.43. The summed E-state index contributed by atoms with van der Waals surface area (Å²) in [5, 5.41) is 0. The molecule has 0 amide bonds. The fourth-order valence-electron chi connectivity index (χ4n) is 8.60. The molecule has 0 N–H and O–H groups in total. The molecule has 0 spiro atoms. The van der Waals surface area contributed by atoms with E-state index >= 15 is 0 Å². The fourth-order valence-corrected chi connectivity index (χ4v) is 8.60. The summed E-state index contributed by atoms with van der Waals surface area (Å²) in [6.07, 6.45) is 1.82. The zero-order valence-electron chi connectivity index (χ0n) is 32.1. The molecule has 4 heteroatoms. The highest BCUT2D eigenvalue weighted by Crippen LogP contribution is 2.46. The van der Waals surface area contributed by atoms with E-state index < -0.39 is 0 Å². The van der Waals surface area contributed by atoms with Crippen molar-refractivity contribution < 1.29 is 0 Å². The highest BCUT2D eigenvalue weighted by Gasteiger charge is 2.25. The molecule has 8 aromatic rings. The SMILES string of the molecule is C=N/C(=N\C(=N/Cc1ccc(-c2ccc(N(c3ccccc3)c3ccc4c(c3)Cc3ccccc3-4)cc2)c2c1Cc1ccccc1-2)c1ccccc1)c1ccccc1. The second kappa shape index (κ2) is 15.2. The Balaban J connectivity index is 1.02. The lowest BCUT2D eigenvalue weighted by Gasteiger charge is -2.26. The van der Waals surface area contributed by atoms with Crippen molar-refractivity contribution in [2.45, 2.75) is 19.4 Å². The third-order valence-electron chi connectivity index (χ3n) is 11.4. The topological polar surface area (TPSA) is 40.3 Å². The molecule has 4 nitrogen and oxygen atoms in total. The highest BCUT2D eigenvalue weighted by molar-refractivity contribution is 6.12. The van der Waals surface area contributed by atoms with Gasteiger partial charge in [-0.2, -0.15) is 0 Å². The van der Waals surface area contributed by atoms with Gasteiger partial charge in [0, 0.05) is 28.2 Å². The Morgan fingerprint density at radius 1 is 0.466 bits per heavy atom. The summed E-state index contributed by atoms with van der Waals surface area (Å²) >= 11 is 0. The van der Waals surface area contributed by atoms with Crippen molar-refractivity contribution in [1.29, 1.82) is 0 Å². The van der Waals surface area contributed by atoms with Gasteiger partial charge >= 0.3 is 0 Å². The molecule has 0 saturated carbocycles. The van der Waals surface area contributed by atoms with Crippen LogP contribution in [0.5, 0.6) is 0 Å². The monoisotopic (exact) mass is 744 g/mol. The number of para-hydroxylation sites is 1. The number of benzene rings is 8. The van der Waals surface area contributed by atoms with Crippen LogP contribution >= 0.6 is 0 Å². The Labute approximate surface area is 339 Å².